The molecule has 2 aromatic rings. The highest BCUT2D eigenvalue weighted by atomic mass is 28.3. The molecule has 1 unspecified atom stereocenters. The van der Waals surface area contributed by atoms with E-state index in [4.69, 9.17) is 23.9 Å². The van der Waals surface area contributed by atoms with Gasteiger partial charge in [-0.1, -0.05) is 44.5 Å². The van der Waals surface area contributed by atoms with Crippen LogP contribution in [0.1, 0.15) is 49.4 Å². The lowest BCUT2D eigenvalue weighted by Crippen LogP contribution is -2.30. The fraction of sp³-hybridized carbons (Fsp3) is 0.760. The van der Waals surface area contributed by atoms with Crippen molar-refractivity contribution >= 4 is 16.1 Å². The van der Waals surface area contributed by atoms with E-state index in [9.17, 15) is 0 Å². The Morgan fingerprint density at radius 2 is 1.86 bits per heavy atom. The van der Waals surface area contributed by atoms with Gasteiger partial charge >= 0.3 is 0 Å². The molecule has 1 saturated heterocycles. The Bertz CT molecular complexity index is 995. The summed E-state index contributed by atoms with van der Waals surface area (Å²) >= 11 is 0. The third-order valence-electron chi connectivity index (χ3n) is 6.25. The van der Waals surface area contributed by atoms with E-state index in [-0.39, 0.29) is 13.1 Å². The van der Waals surface area contributed by atoms with E-state index >= 15 is 0 Å². The van der Waals surface area contributed by atoms with Crippen LogP contribution in [0.25, 0.3) is 11.4 Å². The second-order valence-electron chi connectivity index (χ2n) is 12.4. The molecule has 2 fully saturated rings. The zero-order chi connectivity index (χ0) is 25.8. The van der Waals surface area contributed by atoms with Gasteiger partial charge in [0.1, 0.15) is 17.1 Å². The lowest BCUT2D eigenvalue weighted by atomic mass is 10.2. The van der Waals surface area contributed by atoms with E-state index in [2.05, 4.69) is 54.6 Å². The van der Waals surface area contributed by atoms with Crippen molar-refractivity contribution in [1.82, 2.24) is 25.0 Å². The van der Waals surface area contributed by atoms with Crippen molar-refractivity contribution in [3.63, 3.8) is 0 Å². The summed E-state index contributed by atoms with van der Waals surface area (Å²) in [6, 6.07) is 1.11. The monoisotopic (exact) mass is 533 g/mol. The molecule has 0 amide bonds. The quantitative estimate of drug-likeness (QED) is 0.196. The molecule has 0 aromatic carbocycles. The number of hydrogen-bond donors (Lipinski definition) is 0. The van der Waals surface area contributed by atoms with Crippen LogP contribution in [-0.2, 0) is 27.0 Å². The summed E-state index contributed by atoms with van der Waals surface area (Å²) in [5, 5.41) is 9.05. The third-order valence-corrected chi connectivity index (χ3v) is 9.20. The van der Waals surface area contributed by atoms with Gasteiger partial charge in [-0.3, -0.25) is 0 Å². The number of rotatable bonds is 13. The zero-order valence-electron chi connectivity index (χ0n) is 22.9. The molecule has 1 aliphatic carbocycles. The van der Waals surface area contributed by atoms with Gasteiger partial charge in [-0.05, 0) is 38.1 Å². The molecule has 1 aliphatic heterocycles. The molecule has 36 heavy (non-hydrogen) atoms. The summed E-state index contributed by atoms with van der Waals surface area (Å²) in [5.41, 5.74) is 3.28. The average Bonchev–Trinajstić information content (AvgIpc) is 3.58. The van der Waals surface area contributed by atoms with Crippen LogP contribution in [0.4, 0.5) is 0 Å². The maximum atomic E-state index is 6.16. The average molecular weight is 534 g/mol. The van der Waals surface area contributed by atoms with Gasteiger partial charge < -0.3 is 18.9 Å². The Hall–Kier alpha value is -1.67. The molecule has 11 heteroatoms. The van der Waals surface area contributed by atoms with Gasteiger partial charge in [0.25, 0.3) is 0 Å². The first kappa shape index (κ1) is 27.4. The number of nitrogens with zero attached hydrogens (tertiary/aromatic N) is 5. The second-order valence-corrected chi connectivity index (χ2v) is 23.5. The van der Waals surface area contributed by atoms with Crippen LogP contribution in [0.2, 0.25) is 45.3 Å². The fourth-order valence-electron chi connectivity index (χ4n) is 4.04. The smallest absolute Gasteiger partial charge is 0.238 e. The minimum Gasteiger partial charge on any atom is -0.449 e. The van der Waals surface area contributed by atoms with E-state index in [0.29, 0.717) is 30.7 Å². The van der Waals surface area contributed by atoms with Gasteiger partial charge in [0.2, 0.25) is 5.88 Å². The lowest BCUT2D eigenvalue weighted by Gasteiger charge is -2.23. The largest absolute Gasteiger partial charge is 0.449 e. The van der Waals surface area contributed by atoms with Crippen molar-refractivity contribution in [3.8, 4) is 17.3 Å². The summed E-state index contributed by atoms with van der Waals surface area (Å²) in [4.78, 5) is 9.63. The van der Waals surface area contributed by atoms with Gasteiger partial charge in [-0.25, -0.2) is 14.6 Å². The first-order valence-electron chi connectivity index (χ1n) is 13.3. The van der Waals surface area contributed by atoms with Gasteiger partial charge in [-0.15, -0.1) is 5.10 Å². The minimum atomic E-state index is -1.44. The predicted molar refractivity (Wildman–Crippen MR) is 144 cm³/mol. The standard InChI is InChI=1S/C25H43N5O4Si2/c1-35(2,3)14-13-31-18-34-25-23(19-10-11-19)27-20(15-26-25)24-21(16-33-22-9-7-8-12-32-22)30(29-28-24)17-36(4,5)6/h15,19,22H,7-14,16-18H2,1-6H3. The number of ether oxygens (including phenoxy) is 4. The molecule has 1 atom stereocenters. The van der Waals surface area contributed by atoms with E-state index < -0.39 is 16.1 Å². The van der Waals surface area contributed by atoms with Crippen LogP contribution in [0, 0.1) is 0 Å². The van der Waals surface area contributed by atoms with Crippen LogP contribution in [-0.4, -0.2) is 67.4 Å². The summed E-state index contributed by atoms with van der Waals surface area (Å²) in [5.74, 6) is 0.943. The third kappa shape index (κ3) is 8.17. The molecule has 0 bridgehead atoms. The molecule has 2 aromatic heterocycles. The summed E-state index contributed by atoms with van der Waals surface area (Å²) in [6.07, 6.45) is 7.77. The van der Waals surface area contributed by atoms with Crippen molar-refractivity contribution in [3.05, 3.63) is 17.6 Å². The topological polar surface area (TPSA) is 93.4 Å². The zero-order valence-corrected chi connectivity index (χ0v) is 24.9. The predicted octanol–water partition coefficient (Wildman–Crippen LogP) is 5.22. The molecule has 0 radical (unpaired) electrons. The summed E-state index contributed by atoms with van der Waals surface area (Å²) in [7, 11) is -2.57. The number of hydrogen-bond acceptors (Lipinski definition) is 8. The molecule has 9 nitrogen and oxygen atoms in total. The highest BCUT2D eigenvalue weighted by Gasteiger charge is 2.31. The van der Waals surface area contributed by atoms with Crippen molar-refractivity contribution in [1.29, 1.82) is 0 Å². The Morgan fingerprint density at radius 3 is 2.53 bits per heavy atom. The van der Waals surface area contributed by atoms with Crippen molar-refractivity contribution in [2.75, 3.05) is 20.0 Å². The van der Waals surface area contributed by atoms with Crippen LogP contribution < -0.4 is 4.74 Å². The summed E-state index contributed by atoms with van der Waals surface area (Å²) in [6.45, 7) is 16.1. The highest BCUT2D eigenvalue weighted by molar-refractivity contribution is 6.76. The van der Waals surface area contributed by atoms with E-state index in [0.717, 1.165) is 68.0 Å². The molecule has 3 heterocycles. The normalized spacial score (nSPS) is 19.0. The molecule has 1 saturated carbocycles. The maximum Gasteiger partial charge on any atom is 0.238 e. The van der Waals surface area contributed by atoms with E-state index in [1.54, 1.807) is 6.20 Å². The Kier molecular flexibility index (Phi) is 8.98. The summed E-state index contributed by atoms with van der Waals surface area (Å²) < 4.78 is 25.6. The van der Waals surface area contributed by atoms with Gasteiger partial charge in [0.15, 0.2) is 13.1 Å². The molecular weight excluding hydrogens is 490 g/mol. The van der Waals surface area contributed by atoms with Crippen molar-refractivity contribution < 1.29 is 18.9 Å². The fourth-order valence-corrected chi connectivity index (χ4v) is 5.95. The van der Waals surface area contributed by atoms with Crippen LogP contribution in [0.5, 0.6) is 5.88 Å². The first-order valence-corrected chi connectivity index (χ1v) is 20.7. The van der Waals surface area contributed by atoms with Gasteiger partial charge in [0.05, 0.1) is 26.6 Å². The maximum absolute atomic E-state index is 6.16. The second kappa shape index (κ2) is 11.8. The Labute approximate surface area is 217 Å². The molecular formula is C25H43N5O4Si2. The Morgan fingerprint density at radius 1 is 1.06 bits per heavy atom. The van der Waals surface area contributed by atoms with Gasteiger partial charge in [0, 0.05) is 33.4 Å². The van der Waals surface area contributed by atoms with Crippen molar-refractivity contribution in [2.24, 2.45) is 0 Å². The molecule has 0 N–H and O–H groups in total. The van der Waals surface area contributed by atoms with Gasteiger partial charge in [-0.2, -0.15) is 0 Å². The Balaban J connectivity index is 1.51. The molecule has 4 rings (SSSR count). The van der Waals surface area contributed by atoms with E-state index in [1.165, 1.54) is 0 Å². The minimum absolute atomic E-state index is 0.174. The lowest BCUT2D eigenvalue weighted by molar-refractivity contribution is -0.169. The van der Waals surface area contributed by atoms with Crippen LogP contribution in [0.3, 0.4) is 0 Å². The highest BCUT2D eigenvalue weighted by Crippen LogP contribution is 2.43. The first-order chi connectivity index (χ1) is 17.1. The SMILES string of the molecule is C[Si](C)(C)CCOCOc1ncc(-c2nnn(C[Si](C)(C)C)c2COC2CCCCO2)nc1C1CC1. The number of aromatic nitrogens is 5. The van der Waals surface area contributed by atoms with Crippen LogP contribution in [0.15, 0.2) is 6.20 Å². The molecule has 200 valence electrons. The van der Waals surface area contributed by atoms with Crippen molar-refractivity contribution in [2.45, 2.75) is 102 Å². The molecule has 0 spiro atoms. The molecule has 2 aliphatic rings. The van der Waals surface area contributed by atoms with E-state index in [1.807, 2.05) is 4.68 Å². The van der Waals surface area contributed by atoms with Crippen LogP contribution >= 0.6 is 0 Å².